The van der Waals surface area contributed by atoms with Crippen LogP contribution in [-0.2, 0) is 4.74 Å². The van der Waals surface area contributed by atoms with E-state index in [2.05, 4.69) is 12.8 Å². The monoisotopic (exact) mass is 196 g/mol. The zero-order valence-corrected chi connectivity index (χ0v) is 8.96. The van der Waals surface area contributed by atoms with Crippen LogP contribution in [0.2, 0.25) is 0 Å². The van der Waals surface area contributed by atoms with Gasteiger partial charge in [0.15, 0.2) is 0 Å². The maximum Gasteiger partial charge on any atom is 0.0703 e. The van der Waals surface area contributed by atoms with Gasteiger partial charge in [-0.2, -0.15) is 0 Å². The van der Waals surface area contributed by atoms with Gasteiger partial charge in [-0.3, -0.25) is 0 Å². The lowest BCUT2D eigenvalue weighted by Gasteiger charge is -2.36. The quantitative estimate of drug-likeness (QED) is 0.698. The SMILES string of the molecule is C#CCCC1(O)CCOC(CCC)C1. The van der Waals surface area contributed by atoms with Gasteiger partial charge >= 0.3 is 0 Å². The first-order valence-corrected chi connectivity index (χ1v) is 5.47. The minimum absolute atomic E-state index is 0.233. The molecule has 1 heterocycles. The number of terminal acetylenes is 1. The average molecular weight is 196 g/mol. The van der Waals surface area contributed by atoms with Gasteiger partial charge in [-0.1, -0.05) is 13.3 Å². The summed E-state index contributed by atoms with van der Waals surface area (Å²) in [6.07, 6.45) is 10.4. The lowest BCUT2D eigenvalue weighted by Crippen LogP contribution is -2.40. The number of hydrogen-bond donors (Lipinski definition) is 1. The predicted molar refractivity (Wildman–Crippen MR) is 56.9 cm³/mol. The van der Waals surface area contributed by atoms with Crippen LogP contribution in [0.4, 0.5) is 0 Å². The molecule has 0 aromatic rings. The third kappa shape index (κ3) is 3.32. The molecule has 1 aliphatic heterocycles. The second kappa shape index (κ2) is 5.38. The van der Waals surface area contributed by atoms with Crippen molar-refractivity contribution in [3.63, 3.8) is 0 Å². The molecule has 14 heavy (non-hydrogen) atoms. The van der Waals surface area contributed by atoms with Crippen molar-refractivity contribution >= 4 is 0 Å². The van der Waals surface area contributed by atoms with Gasteiger partial charge in [-0.25, -0.2) is 0 Å². The van der Waals surface area contributed by atoms with E-state index < -0.39 is 5.60 Å². The molecule has 0 spiro atoms. The molecule has 2 nitrogen and oxygen atoms in total. The Hall–Kier alpha value is -0.520. The molecule has 0 saturated carbocycles. The second-order valence-corrected chi connectivity index (χ2v) is 4.16. The van der Waals surface area contributed by atoms with Crippen LogP contribution in [0.3, 0.4) is 0 Å². The van der Waals surface area contributed by atoms with Crippen LogP contribution < -0.4 is 0 Å². The molecular weight excluding hydrogens is 176 g/mol. The highest BCUT2D eigenvalue weighted by Gasteiger charge is 2.33. The van der Waals surface area contributed by atoms with Crippen LogP contribution in [-0.4, -0.2) is 23.4 Å². The summed E-state index contributed by atoms with van der Waals surface area (Å²) >= 11 is 0. The summed E-state index contributed by atoms with van der Waals surface area (Å²) in [7, 11) is 0. The zero-order chi connectivity index (χ0) is 10.4. The lowest BCUT2D eigenvalue weighted by atomic mass is 9.85. The smallest absolute Gasteiger partial charge is 0.0703 e. The van der Waals surface area contributed by atoms with Gasteiger partial charge in [0.05, 0.1) is 11.7 Å². The molecule has 1 N–H and O–H groups in total. The first-order valence-electron chi connectivity index (χ1n) is 5.47. The molecule has 1 rings (SSSR count). The van der Waals surface area contributed by atoms with Gasteiger partial charge in [0.2, 0.25) is 0 Å². The van der Waals surface area contributed by atoms with Gasteiger partial charge < -0.3 is 9.84 Å². The molecular formula is C12H20O2. The third-order valence-electron chi connectivity index (χ3n) is 2.87. The Kier molecular flexibility index (Phi) is 4.44. The first kappa shape index (κ1) is 11.6. The van der Waals surface area contributed by atoms with Gasteiger partial charge in [0.25, 0.3) is 0 Å². The molecule has 0 bridgehead atoms. The van der Waals surface area contributed by atoms with Crippen molar-refractivity contribution in [2.75, 3.05) is 6.61 Å². The molecule has 2 heteroatoms. The van der Waals surface area contributed by atoms with Gasteiger partial charge in [-0.15, -0.1) is 12.3 Å². The molecule has 0 aliphatic carbocycles. The van der Waals surface area contributed by atoms with E-state index >= 15 is 0 Å². The highest BCUT2D eigenvalue weighted by molar-refractivity contribution is 4.92. The third-order valence-corrected chi connectivity index (χ3v) is 2.87. The molecule has 2 unspecified atom stereocenters. The minimum atomic E-state index is -0.565. The molecule has 0 radical (unpaired) electrons. The normalized spacial score (nSPS) is 32.5. The Morgan fingerprint density at radius 1 is 1.64 bits per heavy atom. The summed E-state index contributed by atoms with van der Waals surface area (Å²) in [6, 6.07) is 0. The van der Waals surface area contributed by atoms with E-state index in [1.165, 1.54) is 0 Å². The van der Waals surface area contributed by atoms with Crippen LogP contribution in [0.1, 0.15) is 45.4 Å². The van der Waals surface area contributed by atoms with Gasteiger partial charge in [0.1, 0.15) is 0 Å². The number of rotatable bonds is 4. The highest BCUT2D eigenvalue weighted by atomic mass is 16.5. The zero-order valence-electron chi connectivity index (χ0n) is 8.96. The van der Waals surface area contributed by atoms with Crippen molar-refractivity contribution < 1.29 is 9.84 Å². The van der Waals surface area contributed by atoms with Crippen LogP contribution in [0, 0.1) is 12.3 Å². The van der Waals surface area contributed by atoms with Gasteiger partial charge in [-0.05, 0) is 19.3 Å². The number of aliphatic hydroxyl groups is 1. The van der Waals surface area contributed by atoms with E-state index in [0.717, 1.165) is 25.7 Å². The fraction of sp³-hybridized carbons (Fsp3) is 0.833. The maximum atomic E-state index is 10.2. The van der Waals surface area contributed by atoms with E-state index in [0.29, 0.717) is 19.4 Å². The molecule has 1 saturated heterocycles. The van der Waals surface area contributed by atoms with Crippen molar-refractivity contribution in [3.05, 3.63) is 0 Å². The van der Waals surface area contributed by atoms with E-state index in [4.69, 9.17) is 11.2 Å². The van der Waals surface area contributed by atoms with Crippen LogP contribution in [0.15, 0.2) is 0 Å². The van der Waals surface area contributed by atoms with Crippen LogP contribution in [0.5, 0.6) is 0 Å². The van der Waals surface area contributed by atoms with Gasteiger partial charge in [0, 0.05) is 19.4 Å². The van der Waals surface area contributed by atoms with E-state index in [-0.39, 0.29) is 6.10 Å². The standard InChI is InChI=1S/C12H20O2/c1-3-5-7-12(13)8-9-14-11(10-12)6-4-2/h1,11,13H,4-10H2,2H3. The fourth-order valence-corrected chi connectivity index (χ4v) is 2.04. The average Bonchev–Trinajstić information content (AvgIpc) is 2.16. The first-order chi connectivity index (χ1) is 6.70. The molecule has 0 amide bonds. The summed E-state index contributed by atoms with van der Waals surface area (Å²) in [5, 5.41) is 10.2. The van der Waals surface area contributed by atoms with E-state index in [1.807, 2.05) is 0 Å². The van der Waals surface area contributed by atoms with Crippen LogP contribution >= 0.6 is 0 Å². The Morgan fingerprint density at radius 3 is 3.07 bits per heavy atom. The molecule has 80 valence electrons. The minimum Gasteiger partial charge on any atom is -0.390 e. The van der Waals surface area contributed by atoms with Crippen molar-refractivity contribution in [2.24, 2.45) is 0 Å². The highest BCUT2D eigenvalue weighted by Crippen LogP contribution is 2.30. The Bertz CT molecular complexity index is 205. The van der Waals surface area contributed by atoms with Crippen molar-refractivity contribution in [1.29, 1.82) is 0 Å². The maximum absolute atomic E-state index is 10.2. The predicted octanol–water partition coefficient (Wildman–Crippen LogP) is 2.11. The Labute approximate surface area is 86.7 Å². The van der Waals surface area contributed by atoms with Crippen molar-refractivity contribution in [1.82, 2.24) is 0 Å². The molecule has 0 aromatic carbocycles. The summed E-state index contributed by atoms with van der Waals surface area (Å²) < 4.78 is 5.58. The summed E-state index contributed by atoms with van der Waals surface area (Å²) in [6.45, 7) is 2.81. The largest absolute Gasteiger partial charge is 0.390 e. The van der Waals surface area contributed by atoms with Crippen molar-refractivity contribution in [3.8, 4) is 12.3 Å². The molecule has 1 fully saturated rings. The second-order valence-electron chi connectivity index (χ2n) is 4.16. The summed E-state index contributed by atoms with van der Waals surface area (Å²) in [4.78, 5) is 0. The molecule has 2 atom stereocenters. The number of hydrogen-bond acceptors (Lipinski definition) is 2. The Morgan fingerprint density at radius 2 is 2.43 bits per heavy atom. The van der Waals surface area contributed by atoms with Crippen molar-refractivity contribution in [2.45, 2.75) is 57.2 Å². The lowest BCUT2D eigenvalue weighted by molar-refractivity contribution is -0.108. The number of ether oxygens (including phenoxy) is 1. The Balaban J connectivity index is 2.41. The van der Waals surface area contributed by atoms with E-state index in [9.17, 15) is 5.11 Å². The topological polar surface area (TPSA) is 29.5 Å². The van der Waals surface area contributed by atoms with Crippen LogP contribution in [0.25, 0.3) is 0 Å². The van der Waals surface area contributed by atoms with E-state index in [1.54, 1.807) is 0 Å². The fourth-order valence-electron chi connectivity index (χ4n) is 2.04. The summed E-state index contributed by atoms with van der Waals surface area (Å²) in [5.41, 5.74) is -0.565. The molecule has 1 aliphatic rings. The summed E-state index contributed by atoms with van der Waals surface area (Å²) in [5.74, 6) is 2.59. The molecule has 0 aromatic heterocycles.